The fourth-order valence-electron chi connectivity index (χ4n) is 5.52. The first kappa shape index (κ1) is 33.0. The van der Waals surface area contributed by atoms with Crippen LogP contribution in [0.4, 0.5) is 0 Å². The number of Topliss-reactive ketones (excluding diaryl/α,β-unsaturated/α-hetero) is 1. The minimum absolute atomic E-state index is 0.142. The number of phenols is 4. The molecule has 0 bridgehead atoms. The molecule has 0 unspecified atom stereocenters. The Labute approximate surface area is 254 Å². The number of carbonyl (C=O) groups is 1. The molecule has 3 heterocycles. The third kappa shape index (κ3) is 5.77. The van der Waals surface area contributed by atoms with E-state index in [-0.39, 0.29) is 5.56 Å². The van der Waals surface area contributed by atoms with Gasteiger partial charge in [0.05, 0.1) is 19.3 Å². The molecule has 17 nitrogen and oxygen atoms in total. The van der Waals surface area contributed by atoms with Gasteiger partial charge in [-0.15, -0.1) is 0 Å². The Morgan fingerprint density at radius 2 is 1.44 bits per heavy atom. The molecular weight excluding hydrogens is 608 g/mol. The first-order valence-corrected chi connectivity index (χ1v) is 13.8. The van der Waals surface area contributed by atoms with Crippen molar-refractivity contribution in [3.05, 3.63) is 41.5 Å². The number of hydrogen-bond acceptors (Lipinski definition) is 17. The molecule has 5 rings (SSSR count). The second-order valence-electron chi connectivity index (χ2n) is 11.1. The van der Waals surface area contributed by atoms with E-state index in [1.165, 1.54) is 13.0 Å². The molecule has 0 aliphatic carbocycles. The van der Waals surface area contributed by atoms with Gasteiger partial charge in [0.2, 0.25) is 5.78 Å². The largest absolute Gasteiger partial charge is 0.508 e. The number of ether oxygens (including phenoxy) is 5. The highest BCUT2D eigenvalue weighted by atomic mass is 16.7. The van der Waals surface area contributed by atoms with Crippen molar-refractivity contribution in [1.82, 2.24) is 0 Å². The molecule has 0 aromatic heterocycles. The molecule has 0 amide bonds. The van der Waals surface area contributed by atoms with Crippen LogP contribution in [0.3, 0.4) is 0 Å². The van der Waals surface area contributed by atoms with Gasteiger partial charge in [-0.05, 0) is 19.1 Å². The smallest absolute Gasteiger partial charge is 0.203 e. The van der Waals surface area contributed by atoms with E-state index in [1.807, 2.05) is 0 Å². The molecule has 0 spiro atoms. The summed E-state index contributed by atoms with van der Waals surface area (Å²) in [4.78, 5) is 13.9. The summed E-state index contributed by atoms with van der Waals surface area (Å²) in [6.07, 6.45) is -18.6. The molecule has 11 N–H and O–H groups in total. The quantitative estimate of drug-likeness (QED) is 0.134. The lowest BCUT2D eigenvalue weighted by molar-refractivity contribution is -0.337. The predicted octanol–water partition coefficient (Wildman–Crippen LogP) is -2.99. The van der Waals surface area contributed by atoms with E-state index >= 15 is 0 Å². The molecule has 2 fully saturated rings. The molecule has 0 saturated carbocycles. The number of fused-ring (bicyclic) bond motifs is 1. The maximum absolute atomic E-state index is 13.9. The van der Waals surface area contributed by atoms with Crippen LogP contribution in [0, 0.1) is 0 Å². The summed E-state index contributed by atoms with van der Waals surface area (Å²) in [6, 6.07) is 4.98. The number of hydrogen-bond donors (Lipinski definition) is 11. The van der Waals surface area contributed by atoms with Crippen molar-refractivity contribution in [2.24, 2.45) is 0 Å². The van der Waals surface area contributed by atoms with Crippen LogP contribution in [0.2, 0.25) is 0 Å². The molecular formula is C28H34O17. The summed E-state index contributed by atoms with van der Waals surface area (Å²) >= 11 is 0. The first-order valence-electron chi connectivity index (χ1n) is 13.8. The van der Waals surface area contributed by atoms with Gasteiger partial charge >= 0.3 is 0 Å². The maximum atomic E-state index is 13.9. The molecule has 2 aromatic rings. The fraction of sp³-hybridized carbons (Fsp3) is 0.536. The van der Waals surface area contributed by atoms with E-state index in [1.54, 1.807) is 0 Å². The zero-order chi connectivity index (χ0) is 33.0. The molecule has 2 aromatic carbocycles. The topological polar surface area (TPSA) is 286 Å². The third-order valence-corrected chi connectivity index (χ3v) is 8.14. The van der Waals surface area contributed by atoms with E-state index in [4.69, 9.17) is 23.7 Å². The number of benzene rings is 2. The number of aliphatic hydroxyl groups is 7. The Bertz CT molecular complexity index is 1400. The van der Waals surface area contributed by atoms with Gasteiger partial charge in [-0.3, -0.25) is 4.79 Å². The van der Waals surface area contributed by atoms with Crippen molar-refractivity contribution >= 4 is 5.78 Å². The van der Waals surface area contributed by atoms with Crippen molar-refractivity contribution in [3.8, 4) is 28.7 Å². The van der Waals surface area contributed by atoms with E-state index in [0.717, 1.165) is 24.3 Å². The van der Waals surface area contributed by atoms with Gasteiger partial charge in [0, 0.05) is 17.7 Å². The number of phenolic OH excluding ortho intramolecular Hbond substituents is 4. The summed E-state index contributed by atoms with van der Waals surface area (Å²) in [6.45, 7) is -0.293. The second kappa shape index (κ2) is 12.5. The summed E-state index contributed by atoms with van der Waals surface area (Å²) in [5, 5.41) is 113. The number of ketones is 1. The Balaban J connectivity index is 1.46. The molecule has 0 radical (unpaired) electrons. The molecule has 45 heavy (non-hydrogen) atoms. The highest BCUT2D eigenvalue weighted by Crippen LogP contribution is 2.47. The van der Waals surface area contributed by atoms with E-state index in [2.05, 4.69) is 0 Å². The van der Waals surface area contributed by atoms with Crippen molar-refractivity contribution in [3.63, 3.8) is 0 Å². The lowest BCUT2D eigenvalue weighted by atomic mass is 9.81. The van der Waals surface area contributed by atoms with Gasteiger partial charge in [-0.2, -0.15) is 0 Å². The standard InChI is InChI=1S/C28H34O17/c1-9-18(34)21(37)23(39)26(42-9)41-7-16-19(35)22(38)24(40)27(43-16)44-25-20(36)17-14(33)5-11(30)6-15(17)45-28(25,8-29)10-2-3-12(31)13(32)4-10/h2-6,9,16,18-19,21-27,29-35,37-40H,7-8H2,1H3/t9-,16+,18-,19+,21+,22-,23+,24+,25+,26+,27-,28-/m0/s1. The Morgan fingerprint density at radius 1 is 0.778 bits per heavy atom. The molecule has 12 atom stereocenters. The average Bonchev–Trinajstić information content (AvgIpc) is 2.99. The van der Waals surface area contributed by atoms with E-state index < -0.39 is 126 Å². The Hall–Kier alpha value is -3.33. The molecule has 2 saturated heterocycles. The molecule has 3 aliphatic rings. The van der Waals surface area contributed by atoms with Crippen molar-refractivity contribution in [2.45, 2.75) is 80.0 Å². The average molecular weight is 643 g/mol. The second-order valence-corrected chi connectivity index (χ2v) is 11.1. The van der Waals surface area contributed by atoms with Crippen molar-refractivity contribution in [1.29, 1.82) is 0 Å². The van der Waals surface area contributed by atoms with Crippen LogP contribution in [0.15, 0.2) is 30.3 Å². The predicted molar refractivity (Wildman–Crippen MR) is 143 cm³/mol. The molecule has 248 valence electrons. The van der Waals surface area contributed by atoms with Crippen LogP contribution < -0.4 is 4.74 Å². The van der Waals surface area contributed by atoms with E-state index in [0.29, 0.717) is 0 Å². The number of rotatable bonds is 7. The minimum Gasteiger partial charge on any atom is -0.508 e. The minimum atomic E-state index is -2.28. The zero-order valence-electron chi connectivity index (χ0n) is 23.5. The van der Waals surface area contributed by atoms with Crippen LogP contribution in [0.1, 0.15) is 22.8 Å². The van der Waals surface area contributed by atoms with Crippen molar-refractivity contribution < 1.29 is 84.7 Å². The van der Waals surface area contributed by atoms with Crippen LogP contribution in [0.5, 0.6) is 28.7 Å². The summed E-state index contributed by atoms with van der Waals surface area (Å²) in [5.41, 5.74) is -2.91. The Kier molecular flexibility index (Phi) is 9.15. The number of aliphatic hydroxyl groups excluding tert-OH is 7. The monoisotopic (exact) mass is 642 g/mol. The zero-order valence-corrected chi connectivity index (χ0v) is 23.5. The molecule has 3 aliphatic heterocycles. The third-order valence-electron chi connectivity index (χ3n) is 8.14. The van der Waals surface area contributed by atoms with Crippen LogP contribution in [-0.4, -0.2) is 143 Å². The SMILES string of the molecule is C[C@@H]1O[C@@H](OC[C@H]2O[C@@H](O[C@@H]3C(=O)c4c(O)cc(O)cc4O[C@@]3(CO)c3ccc(O)c(O)c3)[C@H](O)[C@@H](O)[C@@H]2O)[C@H](O)[C@H](O)[C@H]1O. The van der Waals surface area contributed by atoms with Crippen LogP contribution in [-0.2, 0) is 24.5 Å². The van der Waals surface area contributed by atoms with Gasteiger partial charge < -0.3 is 79.9 Å². The first-order chi connectivity index (χ1) is 21.2. The van der Waals surface area contributed by atoms with Crippen LogP contribution in [0.25, 0.3) is 0 Å². The van der Waals surface area contributed by atoms with E-state index in [9.17, 15) is 61.0 Å². The highest BCUT2D eigenvalue weighted by molar-refractivity contribution is 6.06. The van der Waals surface area contributed by atoms with Gasteiger partial charge in [-0.25, -0.2) is 0 Å². The fourth-order valence-corrected chi connectivity index (χ4v) is 5.52. The van der Waals surface area contributed by atoms with Gasteiger partial charge in [-0.1, -0.05) is 6.07 Å². The van der Waals surface area contributed by atoms with Gasteiger partial charge in [0.25, 0.3) is 0 Å². The van der Waals surface area contributed by atoms with Crippen molar-refractivity contribution in [2.75, 3.05) is 13.2 Å². The summed E-state index contributed by atoms with van der Waals surface area (Å²) in [7, 11) is 0. The summed E-state index contributed by atoms with van der Waals surface area (Å²) < 4.78 is 28.2. The maximum Gasteiger partial charge on any atom is 0.203 e. The highest BCUT2D eigenvalue weighted by Gasteiger charge is 2.56. The van der Waals surface area contributed by atoms with Gasteiger partial charge in [0.1, 0.15) is 65.5 Å². The lowest BCUT2D eigenvalue weighted by Crippen LogP contribution is -2.64. The van der Waals surface area contributed by atoms with Gasteiger partial charge in [0.15, 0.2) is 35.8 Å². The normalized spacial score (nSPS) is 38.4. The lowest BCUT2D eigenvalue weighted by Gasteiger charge is -2.46. The number of aromatic hydroxyl groups is 4. The number of carbonyl (C=O) groups excluding carboxylic acids is 1. The molecule has 17 heteroatoms. The van der Waals surface area contributed by atoms with Crippen LogP contribution >= 0.6 is 0 Å². The summed E-state index contributed by atoms with van der Waals surface area (Å²) in [5.74, 6) is -3.92. The Morgan fingerprint density at radius 3 is 2.11 bits per heavy atom.